The topological polar surface area (TPSA) is 82.1 Å². The Kier molecular flexibility index (Phi) is 8.58. The van der Waals surface area contributed by atoms with Crippen LogP contribution in [0.2, 0.25) is 0 Å². The molecule has 2 rings (SSSR count). The molecular weight excluding hydrogens is 462 g/mol. The van der Waals surface area contributed by atoms with E-state index in [0.717, 1.165) is 23.1 Å². The number of thioether (sulfide) groups is 1. The molecule has 1 heterocycles. The summed E-state index contributed by atoms with van der Waals surface area (Å²) < 4.78 is 17.1. The SMILES string of the molecule is CCOC(=O)CN1C(=O)S/C(=C/c2cc(Br)c(O[C@@H](C)CC)c(OCC)c2)C1=O. The van der Waals surface area contributed by atoms with Crippen molar-refractivity contribution in [3.63, 3.8) is 0 Å². The molecular formula is C20H24BrNO6S. The molecule has 0 aliphatic carbocycles. The summed E-state index contributed by atoms with van der Waals surface area (Å²) in [5.41, 5.74) is 0.665. The van der Waals surface area contributed by atoms with Crippen molar-refractivity contribution in [2.24, 2.45) is 0 Å². The number of hydrogen-bond acceptors (Lipinski definition) is 7. The minimum atomic E-state index is -0.621. The van der Waals surface area contributed by atoms with Gasteiger partial charge in [-0.1, -0.05) is 6.92 Å². The van der Waals surface area contributed by atoms with Crippen molar-refractivity contribution in [3.8, 4) is 11.5 Å². The predicted octanol–water partition coefficient (Wildman–Crippen LogP) is 4.62. The zero-order chi connectivity index (χ0) is 21.6. The fourth-order valence-electron chi connectivity index (χ4n) is 2.46. The first-order valence-electron chi connectivity index (χ1n) is 9.34. The maximum atomic E-state index is 12.5. The number of amides is 2. The van der Waals surface area contributed by atoms with Crippen molar-refractivity contribution in [1.29, 1.82) is 0 Å². The Morgan fingerprint density at radius 1 is 1.24 bits per heavy atom. The van der Waals surface area contributed by atoms with Gasteiger partial charge in [0.05, 0.1) is 28.7 Å². The number of nitrogens with zero attached hydrogens (tertiary/aromatic N) is 1. The van der Waals surface area contributed by atoms with Gasteiger partial charge < -0.3 is 14.2 Å². The second-order valence-electron chi connectivity index (χ2n) is 6.17. The molecule has 2 amide bonds. The summed E-state index contributed by atoms with van der Waals surface area (Å²) in [4.78, 5) is 37.4. The Morgan fingerprint density at radius 2 is 1.97 bits per heavy atom. The summed E-state index contributed by atoms with van der Waals surface area (Å²) in [6.45, 7) is 7.76. The first-order chi connectivity index (χ1) is 13.8. The van der Waals surface area contributed by atoms with E-state index in [2.05, 4.69) is 15.9 Å². The molecule has 0 radical (unpaired) electrons. The highest BCUT2D eigenvalue weighted by atomic mass is 79.9. The van der Waals surface area contributed by atoms with Gasteiger partial charge >= 0.3 is 5.97 Å². The van der Waals surface area contributed by atoms with Crippen LogP contribution in [0.3, 0.4) is 0 Å². The summed E-state index contributed by atoms with van der Waals surface area (Å²) in [6, 6.07) is 3.55. The van der Waals surface area contributed by atoms with E-state index in [1.54, 1.807) is 25.1 Å². The van der Waals surface area contributed by atoms with Gasteiger partial charge in [0, 0.05) is 0 Å². The molecule has 0 saturated carbocycles. The van der Waals surface area contributed by atoms with Crippen LogP contribution < -0.4 is 9.47 Å². The Hall–Kier alpha value is -2.00. The summed E-state index contributed by atoms with van der Waals surface area (Å²) >= 11 is 4.28. The highest BCUT2D eigenvalue weighted by molar-refractivity contribution is 9.10. The molecule has 7 nitrogen and oxygen atoms in total. The van der Waals surface area contributed by atoms with E-state index < -0.39 is 23.7 Å². The zero-order valence-corrected chi connectivity index (χ0v) is 19.2. The molecule has 1 aliphatic heterocycles. The van der Waals surface area contributed by atoms with Crippen LogP contribution in [0.4, 0.5) is 4.79 Å². The largest absolute Gasteiger partial charge is 0.490 e. The van der Waals surface area contributed by atoms with Crippen LogP contribution in [-0.2, 0) is 14.3 Å². The van der Waals surface area contributed by atoms with Crippen LogP contribution in [-0.4, -0.2) is 47.9 Å². The third-order valence-electron chi connectivity index (χ3n) is 3.99. The summed E-state index contributed by atoms with van der Waals surface area (Å²) in [6.07, 6.45) is 2.44. The maximum Gasteiger partial charge on any atom is 0.326 e. The number of rotatable bonds is 9. The van der Waals surface area contributed by atoms with Gasteiger partial charge in [0.15, 0.2) is 11.5 Å². The van der Waals surface area contributed by atoms with Gasteiger partial charge in [0.2, 0.25) is 0 Å². The van der Waals surface area contributed by atoms with E-state index in [4.69, 9.17) is 14.2 Å². The van der Waals surface area contributed by atoms with Crippen molar-refractivity contribution in [2.45, 2.75) is 40.2 Å². The number of carbonyl (C=O) groups is 3. The van der Waals surface area contributed by atoms with Crippen molar-refractivity contribution in [1.82, 2.24) is 4.90 Å². The minimum absolute atomic E-state index is 0.00994. The highest BCUT2D eigenvalue weighted by Crippen LogP contribution is 2.40. The maximum absolute atomic E-state index is 12.5. The fourth-order valence-corrected chi connectivity index (χ4v) is 3.85. The number of esters is 1. The van der Waals surface area contributed by atoms with Gasteiger partial charge in [0.1, 0.15) is 6.54 Å². The molecule has 1 aliphatic rings. The van der Waals surface area contributed by atoms with E-state index >= 15 is 0 Å². The number of carbonyl (C=O) groups excluding carboxylic acids is 3. The van der Waals surface area contributed by atoms with Gasteiger partial charge in [-0.25, -0.2) is 0 Å². The molecule has 0 bridgehead atoms. The molecule has 9 heteroatoms. The standard InChI is InChI=1S/C20H24BrNO6S/c1-5-12(4)28-18-14(21)8-13(9-15(18)26-6-2)10-16-19(24)22(20(25)29-16)11-17(23)27-7-3/h8-10,12H,5-7,11H2,1-4H3/b16-10+/t12-/m0/s1. The second-order valence-corrected chi connectivity index (χ2v) is 8.02. The number of ether oxygens (including phenoxy) is 3. The molecule has 0 spiro atoms. The van der Waals surface area contributed by atoms with Gasteiger partial charge in [-0.3, -0.25) is 19.3 Å². The van der Waals surface area contributed by atoms with Crippen LogP contribution in [0.15, 0.2) is 21.5 Å². The van der Waals surface area contributed by atoms with Crippen LogP contribution in [0.1, 0.15) is 39.7 Å². The van der Waals surface area contributed by atoms with Gasteiger partial charge in [-0.15, -0.1) is 0 Å². The molecule has 0 aromatic heterocycles. The molecule has 1 fully saturated rings. The van der Waals surface area contributed by atoms with Crippen molar-refractivity contribution in [2.75, 3.05) is 19.8 Å². The summed E-state index contributed by atoms with van der Waals surface area (Å²) in [5, 5.41) is -0.505. The van der Waals surface area contributed by atoms with Crippen molar-refractivity contribution in [3.05, 3.63) is 27.1 Å². The number of imide groups is 1. The molecule has 1 atom stereocenters. The second kappa shape index (κ2) is 10.7. The van der Waals surface area contributed by atoms with Gasteiger partial charge in [-0.2, -0.15) is 0 Å². The number of halogens is 1. The van der Waals surface area contributed by atoms with E-state index in [9.17, 15) is 14.4 Å². The van der Waals surface area contributed by atoms with Crippen molar-refractivity contribution >= 4 is 50.9 Å². The van der Waals surface area contributed by atoms with E-state index in [1.165, 1.54) is 0 Å². The first-order valence-corrected chi connectivity index (χ1v) is 11.0. The van der Waals surface area contributed by atoms with Crippen LogP contribution in [0, 0.1) is 0 Å². The Morgan fingerprint density at radius 3 is 2.59 bits per heavy atom. The van der Waals surface area contributed by atoms with E-state index in [0.29, 0.717) is 28.1 Å². The van der Waals surface area contributed by atoms with E-state index in [1.807, 2.05) is 20.8 Å². The lowest BCUT2D eigenvalue weighted by Gasteiger charge is -2.18. The van der Waals surface area contributed by atoms with E-state index in [-0.39, 0.29) is 17.6 Å². The molecule has 1 aromatic rings. The normalized spacial score (nSPS) is 16.3. The molecule has 0 unspecified atom stereocenters. The lowest BCUT2D eigenvalue weighted by molar-refractivity contribution is -0.145. The molecule has 0 N–H and O–H groups in total. The Labute approximate surface area is 182 Å². The average Bonchev–Trinajstić information content (AvgIpc) is 2.92. The monoisotopic (exact) mass is 485 g/mol. The van der Waals surface area contributed by atoms with Crippen molar-refractivity contribution < 1.29 is 28.6 Å². The predicted molar refractivity (Wildman–Crippen MR) is 115 cm³/mol. The highest BCUT2D eigenvalue weighted by Gasteiger charge is 2.36. The smallest absolute Gasteiger partial charge is 0.326 e. The molecule has 158 valence electrons. The summed E-state index contributed by atoms with van der Waals surface area (Å²) in [5.74, 6) is -0.0148. The Bertz CT molecular complexity index is 825. The Balaban J connectivity index is 2.30. The summed E-state index contributed by atoms with van der Waals surface area (Å²) in [7, 11) is 0. The van der Waals surface area contributed by atoms with Crippen LogP contribution in [0.25, 0.3) is 6.08 Å². The lowest BCUT2D eigenvalue weighted by Crippen LogP contribution is -2.34. The van der Waals surface area contributed by atoms with Gasteiger partial charge in [-0.05, 0) is 78.7 Å². The quantitative estimate of drug-likeness (QED) is 0.372. The molecule has 29 heavy (non-hydrogen) atoms. The molecule has 1 saturated heterocycles. The van der Waals surface area contributed by atoms with Gasteiger partial charge in [0.25, 0.3) is 11.1 Å². The van der Waals surface area contributed by atoms with Crippen LogP contribution in [0.5, 0.6) is 11.5 Å². The molecule has 1 aromatic carbocycles. The first kappa shape index (κ1) is 23.3. The minimum Gasteiger partial charge on any atom is -0.490 e. The lowest BCUT2D eigenvalue weighted by atomic mass is 10.1. The fraction of sp³-hybridized carbons (Fsp3) is 0.450. The third kappa shape index (κ3) is 5.99. The van der Waals surface area contributed by atoms with Crippen LogP contribution >= 0.6 is 27.7 Å². The number of benzene rings is 1. The zero-order valence-electron chi connectivity index (χ0n) is 16.8. The number of hydrogen-bond donors (Lipinski definition) is 0. The average molecular weight is 486 g/mol. The third-order valence-corrected chi connectivity index (χ3v) is 5.49.